The Kier molecular flexibility index (Phi) is 5.34. The Hall–Kier alpha value is -1.42. The van der Waals surface area contributed by atoms with Crippen molar-refractivity contribution in [2.45, 2.75) is 6.61 Å². The van der Waals surface area contributed by atoms with Crippen molar-refractivity contribution in [2.24, 2.45) is 0 Å². The van der Waals surface area contributed by atoms with E-state index in [1.807, 2.05) is 0 Å². The van der Waals surface area contributed by atoms with Gasteiger partial charge in [-0.05, 0) is 41.9 Å². The van der Waals surface area contributed by atoms with Gasteiger partial charge in [0, 0.05) is 21.2 Å². The Labute approximate surface area is 137 Å². The smallest absolute Gasteiger partial charge is 0.252 e. The number of hydrogen-bond donors (Lipinski definition) is 0. The van der Waals surface area contributed by atoms with Crippen molar-refractivity contribution in [3.63, 3.8) is 0 Å². The third kappa shape index (κ3) is 4.03. The number of carbonyl (C=O) groups is 1. The lowest BCUT2D eigenvalue weighted by atomic mass is 10.2. The predicted molar refractivity (Wildman–Crippen MR) is 84.0 cm³/mol. The molecule has 2 rings (SSSR count). The zero-order valence-corrected chi connectivity index (χ0v) is 13.3. The van der Waals surface area contributed by atoms with E-state index in [4.69, 9.17) is 44.3 Å². The first-order chi connectivity index (χ1) is 10.0. The van der Waals surface area contributed by atoms with Crippen molar-refractivity contribution in [3.05, 3.63) is 57.6 Å². The van der Waals surface area contributed by atoms with Gasteiger partial charge in [0.1, 0.15) is 6.61 Å². The molecule has 0 aliphatic rings. The molecular formula is C15H11Cl3O3. The molecule has 0 atom stereocenters. The van der Waals surface area contributed by atoms with E-state index in [2.05, 4.69) is 0 Å². The molecule has 0 spiro atoms. The lowest BCUT2D eigenvalue weighted by molar-refractivity contribution is 0.108. The third-order valence-electron chi connectivity index (χ3n) is 2.79. The van der Waals surface area contributed by atoms with E-state index in [0.717, 1.165) is 5.56 Å². The molecule has 0 aliphatic heterocycles. The number of hydrogen-bond acceptors (Lipinski definition) is 3. The van der Waals surface area contributed by atoms with Gasteiger partial charge in [-0.1, -0.05) is 29.3 Å². The highest BCUT2D eigenvalue weighted by molar-refractivity contribution is 6.67. The third-order valence-corrected chi connectivity index (χ3v) is 3.59. The lowest BCUT2D eigenvalue weighted by Crippen LogP contribution is -2.00. The van der Waals surface area contributed by atoms with Crippen LogP contribution in [0.25, 0.3) is 0 Å². The van der Waals surface area contributed by atoms with Gasteiger partial charge in [-0.3, -0.25) is 4.79 Å². The molecule has 2 aromatic rings. The van der Waals surface area contributed by atoms with Crippen molar-refractivity contribution < 1.29 is 14.3 Å². The van der Waals surface area contributed by atoms with Crippen LogP contribution in [-0.4, -0.2) is 12.4 Å². The maximum atomic E-state index is 11.1. The monoisotopic (exact) mass is 344 g/mol. The van der Waals surface area contributed by atoms with Gasteiger partial charge >= 0.3 is 0 Å². The Morgan fingerprint density at radius 1 is 1.10 bits per heavy atom. The van der Waals surface area contributed by atoms with Crippen LogP contribution in [0.1, 0.15) is 15.9 Å². The van der Waals surface area contributed by atoms with E-state index < -0.39 is 5.24 Å². The second kappa shape index (κ2) is 7.03. The Morgan fingerprint density at radius 2 is 1.86 bits per heavy atom. The van der Waals surface area contributed by atoms with E-state index in [0.29, 0.717) is 27.1 Å². The van der Waals surface area contributed by atoms with Crippen LogP contribution in [0.15, 0.2) is 36.4 Å². The molecule has 0 aromatic heterocycles. The molecule has 110 valence electrons. The second-order valence-corrected chi connectivity index (χ2v) is 5.35. The minimum Gasteiger partial charge on any atom is -0.493 e. The number of methoxy groups -OCH3 is 1. The molecule has 3 nitrogen and oxygen atoms in total. The first kappa shape index (κ1) is 16.0. The molecule has 0 aliphatic carbocycles. The summed E-state index contributed by atoms with van der Waals surface area (Å²) in [5, 5.41) is 0.529. The zero-order valence-electron chi connectivity index (χ0n) is 11.0. The summed E-state index contributed by atoms with van der Waals surface area (Å²) >= 11 is 17.3. The van der Waals surface area contributed by atoms with E-state index in [1.54, 1.807) is 30.3 Å². The van der Waals surface area contributed by atoms with Gasteiger partial charge in [0.05, 0.1) is 7.11 Å². The fourth-order valence-corrected chi connectivity index (χ4v) is 2.28. The molecule has 2 aromatic carbocycles. The summed E-state index contributed by atoms with van der Waals surface area (Å²) in [5.41, 5.74) is 1.13. The molecule has 0 radical (unpaired) electrons. The van der Waals surface area contributed by atoms with Gasteiger partial charge < -0.3 is 9.47 Å². The van der Waals surface area contributed by atoms with Gasteiger partial charge in [-0.15, -0.1) is 0 Å². The average molecular weight is 346 g/mol. The largest absolute Gasteiger partial charge is 0.493 e. The van der Waals surface area contributed by atoms with Crippen LogP contribution in [0.2, 0.25) is 10.0 Å². The van der Waals surface area contributed by atoms with E-state index >= 15 is 0 Å². The summed E-state index contributed by atoms with van der Waals surface area (Å²) in [7, 11) is 1.49. The van der Waals surface area contributed by atoms with E-state index in [1.165, 1.54) is 13.2 Å². The fourth-order valence-electron chi connectivity index (χ4n) is 1.70. The molecule has 0 unspecified atom stereocenters. The SMILES string of the molecule is COc1cc(C(=O)Cl)ccc1OCc1ccc(Cl)cc1Cl. The highest BCUT2D eigenvalue weighted by atomic mass is 35.5. The molecule has 0 saturated heterocycles. The predicted octanol–water partition coefficient (Wildman–Crippen LogP) is 4.96. The van der Waals surface area contributed by atoms with Gasteiger partial charge in [0.15, 0.2) is 11.5 Å². The molecule has 6 heteroatoms. The summed E-state index contributed by atoms with van der Waals surface area (Å²) in [6.45, 7) is 0.251. The first-order valence-corrected chi connectivity index (χ1v) is 7.09. The summed E-state index contributed by atoms with van der Waals surface area (Å²) in [4.78, 5) is 11.1. The molecule has 0 saturated carbocycles. The fraction of sp³-hybridized carbons (Fsp3) is 0.133. The van der Waals surface area contributed by atoms with Crippen LogP contribution in [0.5, 0.6) is 11.5 Å². The van der Waals surface area contributed by atoms with Gasteiger partial charge in [-0.25, -0.2) is 0 Å². The summed E-state index contributed by atoms with van der Waals surface area (Å²) in [6.07, 6.45) is 0. The average Bonchev–Trinajstić information content (AvgIpc) is 2.46. The van der Waals surface area contributed by atoms with Crippen molar-refractivity contribution in [1.29, 1.82) is 0 Å². The molecule has 0 heterocycles. The minimum absolute atomic E-state index is 0.251. The molecule has 0 fully saturated rings. The number of ether oxygens (including phenoxy) is 2. The topological polar surface area (TPSA) is 35.5 Å². The van der Waals surface area contributed by atoms with Gasteiger partial charge in [-0.2, -0.15) is 0 Å². The molecule has 0 bridgehead atoms. The van der Waals surface area contributed by atoms with Crippen LogP contribution in [0.3, 0.4) is 0 Å². The zero-order chi connectivity index (χ0) is 15.4. The quantitative estimate of drug-likeness (QED) is 0.718. The van der Waals surface area contributed by atoms with Crippen LogP contribution in [0.4, 0.5) is 0 Å². The Bertz CT molecular complexity index is 671. The van der Waals surface area contributed by atoms with Crippen LogP contribution < -0.4 is 9.47 Å². The van der Waals surface area contributed by atoms with E-state index in [-0.39, 0.29) is 6.61 Å². The van der Waals surface area contributed by atoms with Crippen LogP contribution >= 0.6 is 34.8 Å². The molecule has 0 amide bonds. The Morgan fingerprint density at radius 3 is 2.48 bits per heavy atom. The lowest BCUT2D eigenvalue weighted by Gasteiger charge is -2.12. The van der Waals surface area contributed by atoms with Gasteiger partial charge in [0.2, 0.25) is 0 Å². The van der Waals surface area contributed by atoms with E-state index in [9.17, 15) is 4.79 Å². The number of benzene rings is 2. The van der Waals surface area contributed by atoms with Crippen molar-refractivity contribution >= 4 is 40.0 Å². The first-order valence-electron chi connectivity index (χ1n) is 5.96. The molecular weight excluding hydrogens is 335 g/mol. The number of halogens is 3. The summed E-state index contributed by atoms with van der Waals surface area (Å²) < 4.78 is 10.8. The second-order valence-electron chi connectivity index (χ2n) is 4.16. The normalized spacial score (nSPS) is 10.3. The van der Waals surface area contributed by atoms with Crippen molar-refractivity contribution in [3.8, 4) is 11.5 Å². The Balaban J connectivity index is 2.17. The number of carbonyl (C=O) groups excluding carboxylic acids is 1. The highest BCUT2D eigenvalue weighted by Gasteiger charge is 2.10. The maximum Gasteiger partial charge on any atom is 0.252 e. The van der Waals surface area contributed by atoms with Crippen molar-refractivity contribution in [2.75, 3.05) is 7.11 Å². The summed E-state index contributed by atoms with van der Waals surface area (Å²) in [6, 6.07) is 9.88. The van der Waals surface area contributed by atoms with Crippen LogP contribution in [0, 0.1) is 0 Å². The van der Waals surface area contributed by atoms with Crippen molar-refractivity contribution in [1.82, 2.24) is 0 Å². The standard InChI is InChI=1S/C15H11Cl3O3/c1-20-14-6-9(15(18)19)3-5-13(14)21-8-10-2-4-11(16)7-12(10)17/h2-7H,8H2,1H3. The summed E-state index contributed by atoms with van der Waals surface area (Å²) in [5.74, 6) is 0.914. The highest BCUT2D eigenvalue weighted by Crippen LogP contribution is 2.30. The van der Waals surface area contributed by atoms with Gasteiger partial charge in [0.25, 0.3) is 5.24 Å². The number of rotatable bonds is 5. The molecule has 21 heavy (non-hydrogen) atoms. The minimum atomic E-state index is -0.555. The van der Waals surface area contributed by atoms with Crippen LogP contribution in [-0.2, 0) is 6.61 Å². The molecule has 0 N–H and O–H groups in total. The maximum absolute atomic E-state index is 11.1.